The molecule has 0 spiro atoms. The lowest BCUT2D eigenvalue weighted by atomic mass is 10.2. The minimum Gasteiger partial charge on any atom is -0.497 e. The number of methoxy groups -OCH3 is 1. The first-order valence-electron chi connectivity index (χ1n) is 7.54. The molecular weight excluding hydrogens is 358 g/mol. The molecule has 0 radical (unpaired) electrons. The van der Waals surface area contributed by atoms with Crippen molar-refractivity contribution in [3.63, 3.8) is 0 Å². The number of hydrogen-bond acceptors (Lipinski definition) is 6. The third-order valence-corrected chi connectivity index (χ3v) is 4.27. The molecule has 0 saturated carbocycles. The van der Waals surface area contributed by atoms with Crippen molar-refractivity contribution in [2.45, 2.75) is 5.75 Å². The Morgan fingerprint density at radius 1 is 1.15 bits per heavy atom. The first kappa shape index (κ1) is 19.3. The van der Waals surface area contributed by atoms with Gasteiger partial charge in [-0.25, -0.2) is 0 Å². The molecule has 0 aliphatic rings. The minimum absolute atomic E-state index is 0.0866. The van der Waals surface area contributed by atoms with Crippen molar-refractivity contribution in [2.75, 3.05) is 12.9 Å². The van der Waals surface area contributed by atoms with Crippen LogP contribution in [0.2, 0.25) is 0 Å². The van der Waals surface area contributed by atoms with Gasteiger partial charge in [0.2, 0.25) is 5.91 Å². The van der Waals surface area contributed by atoms with Crippen LogP contribution in [-0.4, -0.2) is 29.6 Å². The first-order chi connectivity index (χ1) is 12.5. The normalized spacial score (nSPS) is 10.0. The van der Waals surface area contributed by atoms with Crippen LogP contribution in [0, 0.1) is 10.1 Å². The Morgan fingerprint density at radius 2 is 1.92 bits per heavy atom. The minimum atomic E-state index is -0.625. The van der Waals surface area contributed by atoms with E-state index in [0.717, 1.165) is 17.4 Å². The number of thioether (sulfide) groups is 1. The zero-order chi connectivity index (χ0) is 18.9. The van der Waals surface area contributed by atoms with Crippen molar-refractivity contribution in [1.82, 2.24) is 10.9 Å². The molecule has 0 fully saturated rings. The Balaban J connectivity index is 1.76. The van der Waals surface area contributed by atoms with Crippen LogP contribution in [0.1, 0.15) is 15.9 Å². The largest absolute Gasteiger partial charge is 0.497 e. The molecular formula is C17H17N3O5S. The lowest BCUT2D eigenvalue weighted by Gasteiger charge is -2.08. The highest BCUT2D eigenvalue weighted by Gasteiger charge is 2.12. The van der Waals surface area contributed by atoms with Gasteiger partial charge in [0.1, 0.15) is 5.75 Å². The second-order valence-electron chi connectivity index (χ2n) is 5.15. The summed E-state index contributed by atoms with van der Waals surface area (Å²) in [4.78, 5) is 33.8. The molecule has 9 heteroatoms. The Labute approximate surface area is 154 Å². The average Bonchev–Trinajstić information content (AvgIpc) is 2.66. The monoisotopic (exact) mass is 375 g/mol. The molecule has 0 heterocycles. The highest BCUT2D eigenvalue weighted by Crippen LogP contribution is 2.17. The molecule has 8 nitrogen and oxygen atoms in total. The number of hydrazine groups is 1. The van der Waals surface area contributed by atoms with Gasteiger partial charge in [-0.15, -0.1) is 11.8 Å². The van der Waals surface area contributed by atoms with Crippen LogP contribution in [0.3, 0.4) is 0 Å². The van der Waals surface area contributed by atoms with E-state index in [9.17, 15) is 19.7 Å². The number of non-ortho nitro benzene ring substituents is 1. The molecule has 0 saturated heterocycles. The van der Waals surface area contributed by atoms with Gasteiger partial charge < -0.3 is 4.74 Å². The summed E-state index contributed by atoms with van der Waals surface area (Å²) in [6.07, 6.45) is 0. The topological polar surface area (TPSA) is 111 Å². The average molecular weight is 375 g/mol. The number of carbonyl (C=O) groups is 2. The van der Waals surface area contributed by atoms with Gasteiger partial charge in [0.05, 0.1) is 17.8 Å². The number of carbonyl (C=O) groups excluding carboxylic acids is 2. The van der Waals surface area contributed by atoms with Crippen molar-refractivity contribution >= 4 is 29.3 Å². The highest BCUT2D eigenvalue weighted by molar-refractivity contribution is 7.99. The SMILES string of the molecule is COc1cccc(CSCC(=O)NNC(=O)c2cccc([N+](=O)[O-])c2)c1. The van der Waals surface area contributed by atoms with E-state index in [1.165, 1.54) is 30.0 Å². The van der Waals surface area contributed by atoms with E-state index in [0.29, 0.717) is 5.75 Å². The van der Waals surface area contributed by atoms with Crippen molar-refractivity contribution in [3.8, 4) is 5.75 Å². The van der Waals surface area contributed by atoms with Gasteiger partial charge in [0, 0.05) is 23.4 Å². The third kappa shape index (κ3) is 5.78. The Bertz CT molecular complexity index is 812. The summed E-state index contributed by atoms with van der Waals surface area (Å²) in [5.41, 5.74) is 5.43. The van der Waals surface area contributed by atoms with Gasteiger partial charge >= 0.3 is 0 Å². The van der Waals surface area contributed by atoms with Crippen molar-refractivity contribution < 1.29 is 19.2 Å². The number of benzene rings is 2. The van der Waals surface area contributed by atoms with Crippen molar-refractivity contribution in [3.05, 3.63) is 69.8 Å². The van der Waals surface area contributed by atoms with Crippen molar-refractivity contribution in [2.24, 2.45) is 0 Å². The number of nitrogens with zero attached hydrogens (tertiary/aromatic N) is 1. The molecule has 0 unspecified atom stereocenters. The third-order valence-electron chi connectivity index (χ3n) is 3.27. The highest BCUT2D eigenvalue weighted by atomic mass is 32.2. The summed E-state index contributed by atoms with van der Waals surface area (Å²) >= 11 is 1.38. The smallest absolute Gasteiger partial charge is 0.270 e. The predicted molar refractivity (Wildman–Crippen MR) is 97.9 cm³/mol. The van der Waals surface area contributed by atoms with Gasteiger partial charge in [-0.05, 0) is 23.8 Å². The summed E-state index contributed by atoms with van der Waals surface area (Å²) in [6.45, 7) is 0. The zero-order valence-corrected chi connectivity index (χ0v) is 14.7. The maximum atomic E-state index is 11.9. The van der Waals surface area contributed by atoms with E-state index in [2.05, 4.69) is 10.9 Å². The number of nitro groups is 1. The van der Waals surface area contributed by atoms with Crippen LogP contribution in [0.15, 0.2) is 48.5 Å². The summed E-state index contributed by atoms with van der Waals surface area (Å²) < 4.78 is 5.13. The van der Waals surface area contributed by atoms with Gasteiger partial charge in [-0.1, -0.05) is 18.2 Å². The molecule has 2 rings (SSSR count). The summed E-state index contributed by atoms with van der Waals surface area (Å²) in [6, 6.07) is 12.8. The fraction of sp³-hybridized carbons (Fsp3) is 0.176. The molecule has 2 aromatic carbocycles. The Hall–Kier alpha value is -3.07. The van der Waals surface area contributed by atoms with E-state index in [1.54, 1.807) is 7.11 Å². The maximum absolute atomic E-state index is 11.9. The van der Waals surface area contributed by atoms with Crippen LogP contribution in [0.4, 0.5) is 5.69 Å². The van der Waals surface area contributed by atoms with Crippen LogP contribution in [0.25, 0.3) is 0 Å². The van der Waals surface area contributed by atoms with Gasteiger partial charge in [-0.2, -0.15) is 0 Å². The number of nitro benzene ring substituents is 1. The molecule has 136 valence electrons. The molecule has 0 atom stereocenters. The molecule has 2 N–H and O–H groups in total. The van der Waals surface area contributed by atoms with Crippen LogP contribution in [-0.2, 0) is 10.5 Å². The van der Waals surface area contributed by atoms with E-state index < -0.39 is 10.8 Å². The number of ether oxygens (including phenoxy) is 1. The molecule has 2 amide bonds. The lowest BCUT2D eigenvalue weighted by Crippen LogP contribution is -2.42. The van der Waals surface area contributed by atoms with E-state index >= 15 is 0 Å². The molecule has 0 bridgehead atoms. The van der Waals surface area contributed by atoms with Gasteiger partial charge in [-0.3, -0.25) is 30.6 Å². The predicted octanol–water partition coefficient (Wildman–Crippen LogP) is 2.30. The second-order valence-corrected chi connectivity index (χ2v) is 6.14. The fourth-order valence-corrected chi connectivity index (χ4v) is 2.79. The number of amides is 2. The first-order valence-corrected chi connectivity index (χ1v) is 8.69. The van der Waals surface area contributed by atoms with Gasteiger partial charge in [0.25, 0.3) is 11.6 Å². The summed E-state index contributed by atoms with van der Waals surface area (Å²) in [5.74, 6) is 0.504. The quantitative estimate of drug-likeness (QED) is 0.567. The Morgan fingerprint density at radius 3 is 2.65 bits per heavy atom. The molecule has 2 aromatic rings. The number of nitrogens with one attached hydrogen (secondary N) is 2. The summed E-state index contributed by atoms with van der Waals surface area (Å²) in [7, 11) is 1.59. The lowest BCUT2D eigenvalue weighted by molar-refractivity contribution is -0.384. The number of hydrogen-bond donors (Lipinski definition) is 2. The fourth-order valence-electron chi connectivity index (χ4n) is 2.02. The van der Waals surface area contributed by atoms with E-state index in [-0.39, 0.29) is 22.9 Å². The van der Waals surface area contributed by atoms with Gasteiger partial charge in [0.15, 0.2) is 0 Å². The second kappa shape index (κ2) is 9.42. The maximum Gasteiger partial charge on any atom is 0.270 e. The number of rotatable bonds is 7. The Kier molecular flexibility index (Phi) is 6.98. The van der Waals surface area contributed by atoms with Crippen LogP contribution in [0.5, 0.6) is 5.75 Å². The standard InChI is InChI=1S/C17H17N3O5S/c1-25-15-7-2-4-12(8-15)10-26-11-16(21)18-19-17(22)13-5-3-6-14(9-13)20(23)24/h2-9H,10-11H2,1H3,(H,18,21)(H,19,22). The molecule has 26 heavy (non-hydrogen) atoms. The molecule has 0 aliphatic heterocycles. The van der Waals surface area contributed by atoms with E-state index in [1.807, 2.05) is 24.3 Å². The zero-order valence-electron chi connectivity index (χ0n) is 13.9. The molecule has 0 aliphatic carbocycles. The van der Waals surface area contributed by atoms with Crippen LogP contribution < -0.4 is 15.6 Å². The van der Waals surface area contributed by atoms with Crippen LogP contribution >= 0.6 is 11.8 Å². The molecule has 0 aromatic heterocycles. The van der Waals surface area contributed by atoms with Crippen molar-refractivity contribution in [1.29, 1.82) is 0 Å². The summed E-state index contributed by atoms with van der Waals surface area (Å²) in [5, 5.41) is 10.7. The van der Waals surface area contributed by atoms with E-state index in [4.69, 9.17) is 4.74 Å².